The zero-order valence-corrected chi connectivity index (χ0v) is 20.2. The van der Waals surface area contributed by atoms with Gasteiger partial charge in [-0.2, -0.15) is 18.2 Å². The molecule has 0 saturated carbocycles. The highest BCUT2D eigenvalue weighted by Gasteiger charge is 2.43. The summed E-state index contributed by atoms with van der Waals surface area (Å²) in [6, 6.07) is 13.4. The van der Waals surface area contributed by atoms with Crippen molar-refractivity contribution < 1.29 is 22.7 Å². The number of aryl methyl sites for hydroxylation is 2. The van der Waals surface area contributed by atoms with Crippen LogP contribution >= 0.6 is 0 Å². The Morgan fingerprint density at radius 3 is 2.42 bits per heavy atom. The number of amides is 1. The molecule has 0 radical (unpaired) electrons. The van der Waals surface area contributed by atoms with Crippen LogP contribution in [0.15, 0.2) is 53.7 Å². The van der Waals surface area contributed by atoms with Crippen LogP contribution in [0.1, 0.15) is 24.0 Å². The van der Waals surface area contributed by atoms with Gasteiger partial charge in [-0.25, -0.2) is 9.98 Å². The third kappa shape index (κ3) is 5.99. The number of carbonyl (C=O) groups is 1. The topological polar surface area (TPSA) is 79.7 Å². The van der Waals surface area contributed by atoms with Crippen molar-refractivity contribution in [3.8, 4) is 16.9 Å². The molecule has 1 aliphatic heterocycles. The Balaban J connectivity index is 1.66. The van der Waals surface area contributed by atoms with Crippen molar-refractivity contribution in [1.82, 2.24) is 14.9 Å². The van der Waals surface area contributed by atoms with E-state index in [9.17, 15) is 18.0 Å². The number of alkyl halides is 3. The third-order valence-electron chi connectivity index (χ3n) is 5.76. The highest BCUT2D eigenvalue weighted by molar-refractivity contribution is 5.92. The predicted octanol–water partition coefficient (Wildman–Crippen LogP) is 5.77. The lowest BCUT2D eigenvalue weighted by Gasteiger charge is -2.28. The number of nitrogens with one attached hydrogen (secondary N) is 1. The van der Waals surface area contributed by atoms with Gasteiger partial charge in [0.15, 0.2) is 5.82 Å². The maximum Gasteiger partial charge on any atom is 0.471 e. The van der Waals surface area contributed by atoms with Gasteiger partial charge in [0, 0.05) is 49.1 Å². The van der Waals surface area contributed by atoms with Gasteiger partial charge in [-0.1, -0.05) is 18.2 Å². The van der Waals surface area contributed by atoms with Gasteiger partial charge in [-0.05, 0) is 54.8 Å². The molecule has 4 rings (SSSR count). The number of benzene rings is 2. The molecule has 1 amide bonds. The van der Waals surface area contributed by atoms with E-state index in [1.54, 1.807) is 13.3 Å². The SMILES string of the molecule is COc1cccc(-c2cnc(Nc3cc(C)cc(C)c3)nc2N=C2CCN(C(=O)C(F)(F)F)CC2)c1. The molecule has 1 fully saturated rings. The number of halogens is 3. The Hall–Kier alpha value is -3.95. The summed E-state index contributed by atoms with van der Waals surface area (Å²) in [4.78, 5) is 26.2. The number of aliphatic imine (C=N–C) groups is 1. The van der Waals surface area contributed by atoms with E-state index in [0.29, 0.717) is 28.8 Å². The Labute approximate surface area is 207 Å². The minimum absolute atomic E-state index is 0.0512. The fourth-order valence-corrected chi connectivity index (χ4v) is 4.10. The summed E-state index contributed by atoms with van der Waals surface area (Å²) in [5.74, 6) is -0.436. The lowest BCUT2D eigenvalue weighted by molar-refractivity contribution is -0.185. The van der Waals surface area contributed by atoms with Gasteiger partial charge in [-0.15, -0.1) is 0 Å². The average molecular weight is 498 g/mol. The summed E-state index contributed by atoms with van der Waals surface area (Å²) in [6.07, 6.45) is -2.77. The summed E-state index contributed by atoms with van der Waals surface area (Å²) < 4.78 is 43.7. The second kappa shape index (κ2) is 10.3. The summed E-state index contributed by atoms with van der Waals surface area (Å²) in [5.41, 5.74) is 5.12. The van der Waals surface area contributed by atoms with Gasteiger partial charge in [0.25, 0.3) is 0 Å². The van der Waals surface area contributed by atoms with Crippen LogP contribution < -0.4 is 10.1 Å². The number of hydrogen-bond acceptors (Lipinski definition) is 6. The monoisotopic (exact) mass is 497 g/mol. The second-order valence-corrected chi connectivity index (χ2v) is 8.63. The van der Waals surface area contributed by atoms with Crippen molar-refractivity contribution in [3.05, 3.63) is 59.8 Å². The van der Waals surface area contributed by atoms with Crippen LogP contribution in [0.4, 0.5) is 30.6 Å². The largest absolute Gasteiger partial charge is 0.497 e. The molecule has 0 unspecified atom stereocenters. The summed E-state index contributed by atoms with van der Waals surface area (Å²) in [7, 11) is 1.57. The first-order chi connectivity index (χ1) is 17.1. The fourth-order valence-electron chi connectivity index (χ4n) is 4.10. The van der Waals surface area contributed by atoms with Crippen LogP contribution in [0.25, 0.3) is 11.1 Å². The van der Waals surface area contributed by atoms with Gasteiger partial charge in [-0.3, -0.25) is 4.79 Å². The number of likely N-dealkylation sites (tertiary alicyclic amines) is 1. The molecule has 0 bridgehead atoms. The van der Waals surface area contributed by atoms with Gasteiger partial charge < -0.3 is 15.0 Å². The van der Waals surface area contributed by atoms with Crippen LogP contribution in [-0.2, 0) is 4.79 Å². The highest BCUT2D eigenvalue weighted by Crippen LogP contribution is 2.33. The first-order valence-corrected chi connectivity index (χ1v) is 11.4. The first kappa shape index (κ1) is 25.2. The molecule has 1 saturated heterocycles. The molecule has 10 heteroatoms. The van der Waals surface area contributed by atoms with Crippen LogP contribution in [0.2, 0.25) is 0 Å². The standard InChI is InChI=1S/C26H26F3N5O2/c1-16-11-17(2)13-20(12-16)32-25-30-15-22(18-5-4-6-21(14-18)36-3)23(33-25)31-19-7-9-34(10-8-19)24(35)26(27,28)29/h4-6,11-15H,7-10H2,1-3H3,(H,30,32,33). The molecule has 1 aliphatic rings. The number of piperidine rings is 1. The van der Waals surface area contributed by atoms with Crippen LogP contribution in [0, 0.1) is 13.8 Å². The highest BCUT2D eigenvalue weighted by atomic mass is 19.4. The Bertz CT molecular complexity index is 1280. The number of methoxy groups -OCH3 is 1. The van der Waals surface area contributed by atoms with Crippen molar-refractivity contribution in [3.63, 3.8) is 0 Å². The molecule has 1 N–H and O–H groups in total. The molecular formula is C26H26F3N5O2. The number of carbonyl (C=O) groups excluding carboxylic acids is 1. The lowest BCUT2D eigenvalue weighted by Crippen LogP contribution is -2.45. The quantitative estimate of drug-likeness (QED) is 0.484. The lowest BCUT2D eigenvalue weighted by atomic mass is 10.1. The smallest absolute Gasteiger partial charge is 0.471 e. The van der Waals surface area contributed by atoms with Crippen molar-refractivity contribution >= 4 is 29.1 Å². The van der Waals surface area contributed by atoms with Crippen LogP contribution in [0.3, 0.4) is 0 Å². The zero-order chi connectivity index (χ0) is 25.9. The van der Waals surface area contributed by atoms with E-state index in [4.69, 9.17) is 9.73 Å². The van der Waals surface area contributed by atoms with E-state index in [-0.39, 0.29) is 25.9 Å². The molecule has 0 aliphatic carbocycles. The molecule has 2 heterocycles. The molecular weight excluding hydrogens is 471 g/mol. The van der Waals surface area contributed by atoms with E-state index in [0.717, 1.165) is 27.3 Å². The zero-order valence-electron chi connectivity index (χ0n) is 20.2. The molecule has 2 aromatic carbocycles. The Morgan fingerprint density at radius 1 is 1.08 bits per heavy atom. The number of nitrogens with zero attached hydrogens (tertiary/aromatic N) is 4. The predicted molar refractivity (Wildman–Crippen MR) is 132 cm³/mol. The molecule has 1 aromatic heterocycles. The fraction of sp³-hybridized carbons (Fsp3) is 0.308. The van der Waals surface area contributed by atoms with Gasteiger partial charge >= 0.3 is 12.1 Å². The van der Waals surface area contributed by atoms with Gasteiger partial charge in [0.05, 0.1) is 7.11 Å². The normalized spacial score (nSPS) is 13.9. The maximum absolute atomic E-state index is 12.8. The van der Waals surface area contributed by atoms with E-state index in [1.165, 1.54) is 0 Å². The third-order valence-corrected chi connectivity index (χ3v) is 5.76. The number of hydrogen-bond donors (Lipinski definition) is 1. The second-order valence-electron chi connectivity index (χ2n) is 8.63. The van der Waals surface area contributed by atoms with E-state index in [1.807, 2.05) is 50.2 Å². The van der Waals surface area contributed by atoms with E-state index < -0.39 is 12.1 Å². The van der Waals surface area contributed by atoms with Crippen molar-refractivity contribution in [2.24, 2.45) is 4.99 Å². The summed E-state index contributed by atoms with van der Waals surface area (Å²) in [6.45, 7) is 3.89. The van der Waals surface area contributed by atoms with E-state index >= 15 is 0 Å². The van der Waals surface area contributed by atoms with Crippen molar-refractivity contribution in [2.75, 3.05) is 25.5 Å². The summed E-state index contributed by atoms with van der Waals surface area (Å²) >= 11 is 0. The molecule has 188 valence electrons. The Morgan fingerprint density at radius 2 is 1.78 bits per heavy atom. The van der Waals surface area contributed by atoms with Crippen molar-refractivity contribution in [1.29, 1.82) is 0 Å². The molecule has 0 atom stereocenters. The maximum atomic E-state index is 12.8. The molecule has 36 heavy (non-hydrogen) atoms. The van der Waals surface area contributed by atoms with Crippen LogP contribution in [0.5, 0.6) is 5.75 Å². The van der Waals surface area contributed by atoms with Gasteiger partial charge in [0.2, 0.25) is 5.95 Å². The minimum atomic E-state index is -4.88. The summed E-state index contributed by atoms with van der Waals surface area (Å²) in [5, 5.41) is 3.21. The molecule has 7 nitrogen and oxygen atoms in total. The number of rotatable bonds is 5. The van der Waals surface area contributed by atoms with Crippen molar-refractivity contribution in [2.45, 2.75) is 32.9 Å². The Kier molecular flexibility index (Phi) is 7.23. The van der Waals surface area contributed by atoms with E-state index in [2.05, 4.69) is 21.4 Å². The average Bonchev–Trinajstić information content (AvgIpc) is 2.83. The van der Waals surface area contributed by atoms with Crippen LogP contribution in [-0.4, -0.2) is 52.9 Å². The number of aromatic nitrogens is 2. The number of anilines is 2. The minimum Gasteiger partial charge on any atom is -0.497 e. The van der Waals surface area contributed by atoms with Gasteiger partial charge in [0.1, 0.15) is 5.75 Å². The first-order valence-electron chi connectivity index (χ1n) is 11.4. The molecule has 0 spiro atoms. The number of ether oxygens (including phenoxy) is 1. The molecule has 3 aromatic rings.